The molecule has 0 bridgehead atoms. The number of nitrogens with zero attached hydrogens (tertiary/aromatic N) is 2. The van der Waals surface area contributed by atoms with Gasteiger partial charge in [-0.05, 0) is 53.2 Å². The van der Waals surface area contributed by atoms with Crippen LogP contribution in [0.1, 0.15) is 18.7 Å². The first kappa shape index (κ1) is 21.6. The van der Waals surface area contributed by atoms with Crippen molar-refractivity contribution in [2.24, 2.45) is 0 Å². The lowest BCUT2D eigenvalue weighted by atomic mass is 10.2. The van der Waals surface area contributed by atoms with Gasteiger partial charge in [0.2, 0.25) is 0 Å². The number of rotatable bonds is 9. The Morgan fingerprint density at radius 2 is 2.04 bits per heavy atom. The van der Waals surface area contributed by atoms with E-state index in [0.717, 1.165) is 0 Å². The van der Waals surface area contributed by atoms with E-state index in [1.54, 1.807) is 6.07 Å². The van der Waals surface area contributed by atoms with Gasteiger partial charge in [-0.15, -0.1) is 8.78 Å². The number of ether oxygens (including phenoxy) is 1. The van der Waals surface area contributed by atoms with E-state index in [-0.39, 0.29) is 12.4 Å². The predicted molar refractivity (Wildman–Crippen MR) is 103 cm³/mol. The molecule has 0 saturated carbocycles. The minimum absolute atomic E-state index is 0.00323. The van der Waals surface area contributed by atoms with Gasteiger partial charge >= 0.3 is 5.57 Å². The van der Waals surface area contributed by atoms with Crippen molar-refractivity contribution in [2.45, 2.75) is 18.7 Å². The molecule has 10 heteroatoms. The summed E-state index contributed by atoms with van der Waals surface area (Å²) < 4.78 is 30.1. The van der Waals surface area contributed by atoms with Gasteiger partial charge < -0.3 is 25.2 Å². The standard InChI is InChI=1S/C17H19BrClF2N3O3/c1-2-24(7-8-25)15-14(18)9-11(10-22-15)16(26)23-12-3-5-13(6-4-12)27-17(19,20)21/h3-6,9-10,16,23,25-26H,2,7-8H2,1H3. The number of hydrogen-bond donors (Lipinski definition) is 3. The third-order valence-corrected chi connectivity index (χ3v) is 4.26. The Kier molecular flexibility index (Phi) is 7.60. The van der Waals surface area contributed by atoms with Gasteiger partial charge in [0.15, 0.2) is 6.23 Å². The normalized spacial score (nSPS) is 12.6. The quantitative estimate of drug-likeness (QED) is 0.384. The molecule has 1 aromatic heterocycles. The number of pyridine rings is 1. The molecule has 1 aromatic carbocycles. The molecular weight excluding hydrogens is 448 g/mol. The highest BCUT2D eigenvalue weighted by Gasteiger charge is 2.27. The van der Waals surface area contributed by atoms with Crippen LogP contribution >= 0.6 is 27.5 Å². The van der Waals surface area contributed by atoms with Crippen LogP contribution in [-0.4, -0.2) is 40.5 Å². The second-order valence-corrected chi connectivity index (χ2v) is 6.79. The molecule has 1 unspecified atom stereocenters. The average molecular weight is 467 g/mol. The van der Waals surface area contributed by atoms with E-state index in [1.807, 2.05) is 11.8 Å². The summed E-state index contributed by atoms with van der Waals surface area (Å²) >= 11 is 8.14. The van der Waals surface area contributed by atoms with Crippen molar-refractivity contribution in [3.63, 3.8) is 0 Å². The van der Waals surface area contributed by atoms with Crippen molar-refractivity contribution in [1.29, 1.82) is 0 Å². The summed E-state index contributed by atoms with van der Waals surface area (Å²) in [4.78, 5) is 6.22. The van der Waals surface area contributed by atoms with E-state index in [1.165, 1.54) is 30.5 Å². The number of aliphatic hydroxyl groups is 2. The highest BCUT2D eigenvalue weighted by molar-refractivity contribution is 9.10. The highest BCUT2D eigenvalue weighted by Crippen LogP contribution is 2.29. The van der Waals surface area contributed by atoms with Crippen LogP contribution in [0.5, 0.6) is 5.75 Å². The Morgan fingerprint density at radius 3 is 2.56 bits per heavy atom. The molecule has 0 saturated heterocycles. The van der Waals surface area contributed by atoms with Crippen LogP contribution in [0.25, 0.3) is 0 Å². The number of nitrogens with one attached hydrogen (secondary N) is 1. The maximum Gasteiger partial charge on any atom is 0.487 e. The maximum atomic E-state index is 12.6. The van der Waals surface area contributed by atoms with E-state index < -0.39 is 11.8 Å². The van der Waals surface area contributed by atoms with Crippen molar-refractivity contribution in [3.05, 3.63) is 46.6 Å². The second-order valence-electron chi connectivity index (χ2n) is 5.50. The zero-order valence-electron chi connectivity index (χ0n) is 14.4. The summed E-state index contributed by atoms with van der Waals surface area (Å²) in [5.74, 6) is 0.554. The fourth-order valence-electron chi connectivity index (χ4n) is 2.36. The number of anilines is 2. The summed E-state index contributed by atoms with van der Waals surface area (Å²) in [7, 11) is 0. The summed E-state index contributed by atoms with van der Waals surface area (Å²) in [6.07, 6.45) is 0.445. The van der Waals surface area contributed by atoms with Crippen molar-refractivity contribution >= 4 is 39.0 Å². The Labute approximate surface area is 168 Å². The molecule has 0 aliphatic rings. The third kappa shape index (κ3) is 6.46. The summed E-state index contributed by atoms with van der Waals surface area (Å²) in [5.41, 5.74) is -2.79. The van der Waals surface area contributed by atoms with Crippen LogP contribution in [0, 0.1) is 0 Å². The molecule has 2 rings (SSSR count). The molecule has 0 fully saturated rings. The van der Waals surface area contributed by atoms with E-state index in [4.69, 9.17) is 16.7 Å². The van der Waals surface area contributed by atoms with Crippen molar-refractivity contribution in [3.8, 4) is 5.75 Å². The maximum absolute atomic E-state index is 12.6. The number of benzene rings is 1. The largest absolute Gasteiger partial charge is 0.487 e. The van der Waals surface area contributed by atoms with Crippen molar-refractivity contribution < 1.29 is 23.7 Å². The number of likely N-dealkylation sites (N-methyl/N-ethyl adjacent to an activating group) is 1. The topological polar surface area (TPSA) is 77.9 Å². The number of alkyl halides is 3. The summed E-state index contributed by atoms with van der Waals surface area (Å²) in [5, 5.41) is 22.3. The lowest BCUT2D eigenvalue weighted by Crippen LogP contribution is -2.27. The van der Waals surface area contributed by atoms with Crippen LogP contribution in [0.2, 0.25) is 0 Å². The first-order chi connectivity index (χ1) is 12.7. The first-order valence-electron chi connectivity index (χ1n) is 8.05. The van der Waals surface area contributed by atoms with E-state index in [2.05, 4.69) is 31.0 Å². The van der Waals surface area contributed by atoms with Crippen LogP contribution in [0.3, 0.4) is 0 Å². The van der Waals surface area contributed by atoms with Crippen LogP contribution in [0.15, 0.2) is 41.0 Å². The molecule has 27 heavy (non-hydrogen) atoms. The first-order valence-corrected chi connectivity index (χ1v) is 9.22. The van der Waals surface area contributed by atoms with E-state index in [9.17, 15) is 13.9 Å². The Morgan fingerprint density at radius 1 is 1.37 bits per heavy atom. The van der Waals surface area contributed by atoms with Gasteiger partial charge in [-0.3, -0.25) is 0 Å². The van der Waals surface area contributed by atoms with E-state index in [0.29, 0.717) is 34.6 Å². The van der Waals surface area contributed by atoms with Crippen molar-refractivity contribution in [2.75, 3.05) is 29.9 Å². The number of halogens is 4. The zero-order valence-corrected chi connectivity index (χ0v) is 16.7. The molecule has 0 spiro atoms. The van der Waals surface area contributed by atoms with Crippen molar-refractivity contribution in [1.82, 2.24) is 4.98 Å². The minimum Gasteiger partial charge on any atom is -0.420 e. The van der Waals surface area contributed by atoms with Crippen LogP contribution in [-0.2, 0) is 0 Å². The molecule has 0 aliphatic heterocycles. The number of aliphatic hydroxyl groups excluding tert-OH is 2. The zero-order chi connectivity index (χ0) is 20.0. The SMILES string of the molecule is CCN(CCO)c1ncc(C(O)Nc2ccc(OC(F)(F)Cl)cc2)cc1Br. The van der Waals surface area contributed by atoms with Gasteiger partial charge in [0, 0.05) is 42.1 Å². The van der Waals surface area contributed by atoms with Gasteiger partial charge in [-0.2, -0.15) is 0 Å². The molecule has 3 N–H and O–H groups in total. The number of aromatic nitrogens is 1. The molecule has 0 amide bonds. The molecule has 2 aromatic rings. The van der Waals surface area contributed by atoms with Gasteiger partial charge in [-0.25, -0.2) is 4.98 Å². The van der Waals surface area contributed by atoms with Gasteiger partial charge in [0.25, 0.3) is 0 Å². The molecule has 1 atom stereocenters. The Hall–Kier alpha value is -1.68. The summed E-state index contributed by atoms with van der Waals surface area (Å²) in [6, 6.07) is 7.26. The average Bonchev–Trinajstić information content (AvgIpc) is 2.60. The third-order valence-electron chi connectivity index (χ3n) is 3.60. The van der Waals surface area contributed by atoms with Gasteiger partial charge in [0.1, 0.15) is 11.6 Å². The van der Waals surface area contributed by atoms with Gasteiger partial charge in [0.05, 0.1) is 11.1 Å². The number of hydrogen-bond acceptors (Lipinski definition) is 6. The minimum atomic E-state index is -3.78. The molecule has 0 radical (unpaired) electrons. The lowest BCUT2D eigenvalue weighted by Gasteiger charge is -2.23. The molecule has 148 valence electrons. The Bertz CT molecular complexity index is 747. The molecule has 6 nitrogen and oxygen atoms in total. The lowest BCUT2D eigenvalue weighted by molar-refractivity contribution is -0.0964. The smallest absolute Gasteiger partial charge is 0.420 e. The summed E-state index contributed by atoms with van der Waals surface area (Å²) in [6.45, 7) is 3.06. The van der Waals surface area contributed by atoms with E-state index >= 15 is 0 Å². The second kappa shape index (κ2) is 9.50. The molecule has 0 aliphatic carbocycles. The monoisotopic (exact) mass is 465 g/mol. The van der Waals surface area contributed by atoms with Crippen LogP contribution < -0.4 is 15.0 Å². The molecular formula is C17H19BrClF2N3O3. The van der Waals surface area contributed by atoms with Gasteiger partial charge in [-0.1, -0.05) is 0 Å². The fourth-order valence-corrected chi connectivity index (χ4v) is 3.06. The predicted octanol–water partition coefficient (Wildman–Crippen LogP) is 3.93. The molecule has 1 heterocycles. The van der Waals surface area contributed by atoms with Crippen LogP contribution in [0.4, 0.5) is 20.3 Å². The highest BCUT2D eigenvalue weighted by atomic mass is 79.9. The fraction of sp³-hybridized carbons (Fsp3) is 0.353. The Balaban J connectivity index is 2.07.